The molecule has 1 aliphatic heterocycles. The molecule has 2 heteroatoms. The van der Waals surface area contributed by atoms with Gasteiger partial charge in [-0.1, -0.05) is 20.8 Å². The van der Waals surface area contributed by atoms with Crippen molar-refractivity contribution in [3.8, 4) is 0 Å². The normalized spacial score (nSPS) is 30.2. The molecule has 0 aromatic heterocycles. The molecule has 1 saturated heterocycles. The van der Waals surface area contributed by atoms with Gasteiger partial charge in [0, 0.05) is 30.7 Å². The topological polar surface area (TPSA) is 15.3 Å². The van der Waals surface area contributed by atoms with Gasteiger partial charge in [0.15, 0.2) is 0 Å². The van der Waals surface area contributed by atoms with Crippen LogP contribution in [0, 0.1) is 5.41 Å². The van der Waals surface area contributed by atoms with Crippen molar-refractivity contribution in [3.63, 3.8) is 0 Å². The fourth-order valence-corrected chi connectivity index (χ4v) is 2.23. The average Bonchev–Trinajstić information content (AvgIpc) is 2.06. The number of rotatable bonds is 1. The van der Waals surface area contributed by atoms with Gasteiger partial charge in [0.1, 0.15) is 0 Å². The van der Waals surface area contributed by atoms with Gasteiger partial charge in [-0.05, 0) is 33.1 Å². The van der Waals surface area contributed by atoms with Crippen LogP contribution < -0.4 is 5.32 Å². The van der Waals surface area contributed by atoms with Gasteiger partial charge in [0.25, 0.3) is 0 Å². The largest absolute Gasteiger partial charge is 0.309 e. The van der Waals surface area contributed by atoms with E-state index >= 15 is 0 Å². The molecule has 0 saturated carbocycles. The van der Waals surface area contributed by atoms with Gasteiger partial charge in [-0.2, -0.15) is 0 Å². The molecule has 15 heavy (non-hydrogen) atoms. The summed E-state index contributed by atoms with van der Waals surface area (Å²) in [5.74, 6) is 0. The lowest BCUT2D eigenvalue weighted by Gasteiger charge is -2.49. The Morgan fingerprint density at radius 1 is 1.33 bits per heavy atom. The van der Waals surface area contributed by atoms with Crippen LogP contribution in [0.15, 0.2) is 0 Å². The molecule has 1 aliphatic rings. The van der Waals surface area contributed by atoms with Crippen molar-refractivity contribution in [2.24, 2.45) is 5.41 Å². The van der Waals surface area contributed by atoms with Crippen molar-refractivity contribution in [2.75, 3.05) is 13.1 Å². The van der Waals surface area contributed by atoms with Crippen LogP contribution in [-0.4, -0.2) is 35.6 Å². The van der Waals surface area contributed by atoms with Gasteiger partial charge in [0.2, 0.25) is 0 Å². The number of nitrogens with one attached hydrogen (secondary N) is 1. The minimum Gasteiger partial charge on any atom is -0.309 e. The van der Waals surface area contributed by atoms with Gasteiger partial charge in [-0.25, -0.2) is 0 Å². The Kier molecular flexibility index (Phi) is 3.52. The molecule has 90 valence electrons. The standard InChI is InChI=1S/C13H28N2/c1-10-8-14-13(6,7)9-15(10)11(2)12(3,4)5/h10-11,14H,8-9H2,1-7H3. The quantitative estimate of drug-likeness (QED) is 0.718. The van der Waals surface area contributed by atoms with E-state index in [9.17, 15) is 0 Å². The molecule has 0 radical (unpaired) electrons. The Hall–Kier alpha value is -0.0800. The number of hydrogen-bond donors (Lipinski definition) is 1. The van der Waals surface area contributed by atoms with Crippen LogP contribution in [0.25, 0.3) is 0 Å². The smallest absolute Gasteiger partial charge is 0.0253 e. The maximum Gasteiger partial charge on any atom is 0.0253 e. The van der Waals surface area contributed by atoms with E-state index in [4.69, 9.17) is 0 Å². The Morgan fingerprint density at radius 3 is 2.33 bits per heavy atom. The zero-order valence-corrected chi connectivity index (χ0v) is 11.5. The fraction of sp³-hybridized carbons (Fsp3) is 1.00. The predicted octanol–water partition coefficient (Wildman–Crippen LogP) is 2.49. The van der Waals surface area contributed by atoms with E-state index in [0.29, 0.717) is 17.5 Å². The average molecular weight is 212 g/mol. The van der Waals surface area contributed by atoms with Gasteiger partial charge >= 0.3 is 0 Å². The summed E-state index contributed by atoms with van der Waals surface area (Å²) >= 11 is 0. The van der Waals surface area contributed by atoms with E-state index in [-0.39, 0.29) is 5.54 Å². The summed E-state index contributed by atoms with van der Waals surface area (Å²) in [6.07, 6.45) is 0. The van der Waals surface area contributed by atoms with Gasteiger partial charge in [0.05, 0.1) is 0 Å². The molecule has 0 aromatic rings. The van der Waals surface area contributed by atoms with Crippen molar-refractivity contribution < 1.29 is 0 Å². The fourth-order valence-electron chi connectivity index (χ4n) is 2.23. The third-order valence-electron chi connectivity index (χ3n) is 3.77. The summed E-state index contributed by atoms with van der Waals surface area (Å²) in [7, 11) is 0. The maximum absolute atomic E-state index is 3.60. The first-order chi connectivity index (χ1) is 6.63. The van der Waals surface area contributed by atoms with E-state index in [1.807, 2.05) is 0 Å². The van der Waals surface area contributed by atoms with E-state index < -0.39 is 0 Å². The first kappa shape index (κ1) is 13.0. The molecule has 1 heterocycles. The molecular weight excluding hydrogens is 184 g/mol. The summed E-state index contributed by atoms with van der Waals surface area (Å²) in [5, 5.41) is 3.60. The van der Waals surface area contributed by atoms with Crippen molar-refractivity contribution in [3.05, 3.63) is 0 Å². The Balaban J connectivity index is 2.74. The first-order valence-corrected chi connectivity index (χ1v) is 6.14. The molecule has 0 aliphatic carbocycles. The molecule has 1 N–H and O–H groups in total. The highest BCUT2D eigenvalue weighted by Crippen LogP contribution is 2.28. The maximum atomic E-state index is 3.60. The van der Waals surface area contributed by atoms with Crippen molar-refractivity contribution in [1.82, 2.24) is 10.2 Å². The molecule has 0 bridgehead atoms. The van der Waals surface area contributed by atoms with Crippen LogP contribution >= 0.6 is 0 Å². The summed E-state index contributed by atoms with van der Waals surface area (Å²) in [6, 6.07) is 1.28. The summed E-state index contributed by atoms with van der Waals surface area (Å²) < 4.78 is 0. The van der Waals surface area contributed by atoms with E-state index in [2.05, 4.69) is 58.7 Å². The second kappa shape index (κ2) is 4.06. The highest BCUT2D eigenvalue weighted by molar-refractivity contribution is 4.94. The number of nitrogens with zero attached hydrogens (tertiary/aromatic N) is 1. The van der Waals surface area contributed by atoms with Gasteiger partial charge in [-0.3, -0.25) is 4.90 Å². The summed E-state index contributed by atoms with van der Waals surface area (Å²) in [4.78, 5) is 2.65. The van der Waals surface area contributed by atoms with Gasteiger partial charge in [-0.15, -0.1) is 0 Å². The number of piperazine rings is 1. The highest BCUT2D eigenvalue weighted by Gasteiger charge is 2.36. The van der Waals surface area contributed by atoms with Crippen molar-refractivity contribution in [1.29, 1.82) is 0 Å². The van der Waals surface area contributed by atoms with Crippen molar-refractivity contribution in [2.45, 2.75) is 66.1 Å². The van der Waals surface area contributed by atoms with E-state index in [0.717, 1.165) is 13.1 Å². The van der Waals surface area contributed by atoms with Crippen LogP contribution in [-0.2, 0) is 0 Å². The minimum atomic E-state index is 0.256. The van der Waals surface area contributed by atoms with Crippen LogP contribution in [0.2, 0.25) is 0 Å². The lowest BCUT2D eigenvalue weighted by Crippen LogP contribution is -2.64. The predicted molar refractivity (Wildman–Crippen MR) is 67.2 cm³/mol. The second-order valence-electron chi connectivity index (χ2n) is 6.83. The van der Waals surface area contributed by atoms with Crippen LogP contribution in [0.3, 0.4) is 0 Å². The van der Waals surface area contributed by atoms with Crippen molar-refractivity contribution >= 4 is 0 Å². The Labute approximate surface area is 95.4 Å². The molecule has 2 atom stereocenters. The molecule has 2 nitrogen and oxygen atoms in total. The molecule has 0 amide bonds. The van der Waals surface area contributed by atoms with E-state index in [1.54, 1.807) is 0 Å². The van der Waals surface area contributed by atoms with Crippen LogP contribution in [0.5, 0.6) is 0 Å². The summed E-state index contributed by atoms with van der Waals surface area (Å²) in [6.45, 7) is 18.5. The molecule has 0 spiro atoms. The third-order valence-corrected chi connectivity index (χ3v) is 3.77. The molecular formula is C13H28N2. The van der Waals surface area contributed by atoms with Gasteiger partial charge < -0.3 is 5.32 Å². The SMILES string of the molecule is CC1CNC(C)(C)CN1C(C)C(C)(C)C. The monoisotopic (exact) mass is 212 g/mol. The summed E-state index contributed by atoms with van der Waals surface area (Å²) in [5.41, 5.74) is 0.619. The van der Waals surface area contributed by atoms with E-state index in [1.165, 1.54) is 0 Å². The third kappa shape index (κ3) is 3.18. The molecule has 1 rings (SSSR count). The molecule has 1 fully saturated rings. The number of hydrogen-bond acceptors (Lipinski definition) is 2. The molecule has 2 unspecified atom stereocenters. The zero-order valence-electron chi connectivity index (χ0n) is 11.5. The first-order valence-electron chi connectivity index (χ1n) is 6.14. The Morgan fingerprint density at radius 2 is 1.87 bits per heavy atom. The Bertz CT molecular complexity index is 212. The lowest BCUT2D eigenvalue weighted by molar-refractivity contribution is 0.0229. The van der Waals surface area contributed by atoms with Crippen LogP contribution in [0.1, 0.15) is 48.5 Å². The second-order valence-corrected chi connectivity index (χ2v) is 6.83. The minimum absolute atomic E-state index is 0.256. The zero-order chi connectivity index (χ0) is 11.9. The van der Waals surface area contributed by atoms with Crippen LogP contribution in [0.4, 0.5) is 0 Å². The lowest BCUT2D eigenvalue weighted by atomic mass is 9.84. The highest BCUT2D eigenvalue weighted by atomic mass is 15.3. The molecule has 0 aromatic carbocycles.